The third kappa shape index (κ3) is 3.36. The van der Waals surface area contributed by atoms with Gasteiger partial charge in [-0.15, -0.1) is 0 Å². The molecule has 0 aliphatic rings. The quantitative estimate of drug-likeness (QED) is 0.791. The van der Waals surface area contributed by atoms with Crippen molar-refractivity contribution in [3.05, 3.63) is 63.9 Å². The van der Waals surface area contributed by atoms with E-state index in [0.29, 0.717) is 11.1 Å². The van der Waals surface area contributed by atoms with Crippen molar-refractivity contribution in [3.63, 3.8) is 0 Å². The molecule has 0 saturated carbocycles. The SMILES string of the molecule is COC(=O)c1cc(Br)ccc1COc1ccccc1F. The standard InChI is InChI=1S/C15H12BrFO3/c1-19-15(18)12-8-11(16)7-6-10(12)9-20-14-5-3-2-4-13(14)17/h2-8H,9H2,1H3. The molecule has 0 aliphatic heterocycles. The number of methoxy groups -OCH3 is 1. The largest absolute Gasteiger partial charge is 0.486 e. The zero-order valence-corrected chi connectivity index (χ0v) is 12.3. The van der Waals surface area contributed by atoms with Crippen LogP contribution in [0.5, 0.6) is 5.75 Å². The van der Waals surface area contributed by atoms with Crippen molar-refractivity contribution < 1.29 is 18.7 Å². The summed E-state index contributed by atoms with van der Waals surface area (Å²) in [6, 6.07) is 11.3. The molecule has 0 fully saturated rings. The Morgan fingerprint density at radius 1 is 1.25 bits per heavy atom. The minimum Gasteiger partial charge on any atom is -0.486 e. The van der Waals surface area contributed by atoms with Crippen molar-refractivity contribution in [2.45, 2.75) is 6.61 Å². The van der Waals surface area contributed by atoms with Gasteiger partial charge in [-0.3, -0.25) is 0 Å². The second kappa shape index (κ2) is 6.52. The Kier molecular flexibility index (Phi) is 4.74. The van der Waals surface area contributed by atoms with Gasteiger partial charge in [-0.05, 0) is 24.3 Å². The maximum Gasteiger partial charge on any atom is 0.338 e. The molecule has 0 aromatic heterocycles. The van der Waals surface area contributed by atoms with E-state index in [0.717, 1.165) is 4.47 Å². The van der Waals surface area contributed by atoms with Crippen molar-refractivity contribution in [3.8, 4) is 5.75 Å². The van der Waals surface area contributed by atoms with E-state index < -0.39 is 11.8 Å². The highest BCUT2D eigenvalue weighted by atomic mass is 79.9. The van der Waals surface area contributed by atoms with Crippen LogP contribution in [0.1, 0.15) is 15.9 Å². The highest BCUT2D eigenvalue weighted by Crippen LogP contribution is 2.21. The Morgan fingerprint density at radius 3 is 2.70 bits per heavy atom. The lowest BCUT2D eigenvalue weighted by Gasteiger charge is -2.11. The number of hydrogen-bond acceptors (Lipinski definition) is 3. The summed E-state index contributed by atoms with van der Waals surface area (Å²) in [6.45, 7) is 0.0820. The van der Waals surface area contributed by atoms with Gasteiger partial charge in [0.05, 0.1) is 12.7 Å². The second-order valence-electron chi connectivity index (χ2n) is 4.01. The molecule has 0 heterocycles. The summed E-state index contributed by atoms with van der Waals surface area (Å²) in [7, 11) is 1.31. The third-order valence-corrected chi connectivity index (χ3v) is 3.19. The van der Waals surface area contributed by atoms with Crippen LogP contribution in [0.25, 0.3) is 0 Å². The molecule has 0 N–H and O–H groups in total. The van der Waals surface area contributed by atoms with Crippen LogP contribution in [0.4, 0.5) is 4.39 Å². The zero-order valence-electron chi connectivity index (χ0n) is 10.7. The van der Waals surface area contributed by atoms with E-state index in [-0.39, 0.29) is 12.4 Å². The molecule has 2 aromatic rings. The smallest absolute Gasteiger partial charge is 0.338 e. The predicted octanol–water partition coefficient (Wildman–Crippen LogP) is 3.95. The van der Waals surface area contributed by atoms with Gasteiger partial charge in [0, 0.05) is 10.0 Å². The van der Waals surface area contributed by atoms with Gasteiger partial charge in [-0.2, -0.15) is 0 Å². The maximum absolute atomic E-state index is 13.5. The molecule has 5 heteroatoms. The van der Waals surface area contributed by atoms with Crippen molar-refractivity contribution in [1.29, 1.82) is 0 Å². The summed E-state index contributed by atoms with van der Waals surface area (Å²) in [6.07, 6.45) is 0. The van der Waals surface area contributed by atoms with Crippen LogP contribution in [0.15, 0.2) is 46.9 Å². The summed E-state index contributed by atoms with van der Waals surface area (Å²) >= 11 is 3.29. The first-order valence-corrected chi connectivity index (χ1v) is 6.65. The number of hydrogen-bond donors (Lipinski definition) is 0. The molecule has 104 valence electrons. The predicted molar refractivity (Wildman–Crippen MR) is 76.2 cm³/mol. The highest BCUT2D eigenvalue weighted by Gasteiger charge is 2.13. The lowest BCUT2D eigenvalue weighted by Crippen LogP contribution is -2.08. The molecule has 0 saturated heterocycles. The third-order valence-electron chi connectivity index (χ3n) is 2.70. The van der Waals surface area contributed by atoms with Gasteiger partial charge in [0.2, 0.25) is 0 Å². The number of rotatable bonds is 4. The normalized spacial score (nSPS) is 10.2. The number of benzene rings is 2. The molecule has 20 heavy (non-hydrogen) atoms. The average molecular weight is 339 g/mol. The van der Waals surface area contributed by atoms with Crippen LogP contribution in [0, 0.1) is 5.82 Å². The van der Waals surface area contributed by atoms with Gasteiger partial charge in [0.1, 0.15) is 6.61 Å². The Labute approximate surface area is 124 Å². The van der Waals surface area contributed by atoms with Crippen LogP contribution < -0.4 is 4.74 Å². The van der Waals surface area contributed by atoms with Gasteiger partial charge in [0.15, 0.2) is 11.6 Å². The Balaban J connectivity index is 2.21. The van der Waals surface area contributed by atoms with E-state index in [1.165, 1.54) is 19.2 Å². The zero-order chi connectivity index (χ0) is 14.5. The molecule has 3 nitrogen and oxygen atoms in total. The first kappa shape index (κ1) is 14.5. The average Bonchev–Trinajstić information content (AvgIpc) is 2.46. The number of carbonyl (C=O) groups excluding carboxylic acids is 1. The monoisotopic (exact) mass is 338 g/mol. The maximum atomic E-state index is 13.5. The molecule has 0 spiro atoms. The lowest BCUT2D eigenvalue weighted by atomic mass is 10.1. The van der Waals surface area contributed by atoms with E-state index in [2.05, 4.69) is 15.9 Å². The van der Waals surface area contributed by atoms with Gasteiger partial charge < -0.3 is 9.47 Å². The lowest BCUT2D eigenvalue weighted by molar-refractivity contribution is 0.0597. The molecule has 2 aromatic carbocycles. The van der Waals surface area contributed by atoms with Crippen LogP contribution in [0.3, 0.4) is 0 Å². The van der Waals surface area contributed by atoms with E-state index in [9.17, 15) is 9.18 Å². The van der Waals surface area contributed by atoms with Crippen LogP contribution in [-0.4, -0.2) is 13.1 Å². The fourth-order valence-corrected chi connectivity index (χ4v) is 2.05. The van der Waals surface area contributed by atoms with Crippen molar-refractivity contribution in [1.82, 2.24) is 0 Å². The van der Waals surface area contributed by atoms with E-state index in [1.54, 1.807) is 30.3 Å². The number of carbonyl (C=O) groups is 1. The van der Waals surface area contributed by atoms with Gasteiger partial charge in [-0.25, -0.2) is 9.18 Å². The summed E-state index contributed by atoms with van der Waals surface area (Å²) in [5, 5.41) is 0. The Bertz CT molecular complexity index is 628. The molecule has 0 amide bonds. The van der Waals surface area contributed by atoms with Crippen molar-refractivity contribution in [2.75, 3.05) is 7.11 Å². The molecular formula is C15H12BrFO3. The van der Waals surface area contributed by atoms with E-state index in [1.807, 2.05) is 0 Å². The summed E-state index contributed by atoms with van der Waals surface area (Å²) in [5.41, 5.74) is 1.02. The van der Waals surface area contributed by atoms with Crippen LogP contribution in [-0.2, 0) is 11.3 Å². The van der Waals surface area contributed by atoms with Gasteiger partial charge in [0.25, 0.3) is 0 Å². The molecule has 0 bridgehead atoms. The fourth-order valence-electron chi connectivity index (χ4n) is 1.69. The topological polar surface area (TPSA) is 35.5 Å². The number of halogens is 2. The molecule has 0 unspecified atom stereocenters. The molecule has 0 atom stereocenters. The Hall–Kier alpha value is -1.88. The summed E-state index contributed by atoms with van der Waals surface area (Å²) in [5.74, 6) is -0.756. The number of esters is 1. The van der Waals surface area contributed by atoms with Gasteiger partial charge >= 0.3 is 5.97 Å². The molecular weight excluding hydrogens is 327 g/mol. The van der Waals surface area contributed by atoms with Crippen molar-refractivity contribution in [2.24, 2.45) is 0 Å². The Morgan fingerprint density at radius 2 is 2.00 bits per heavy atom. The molecule has 2 rings (SSSR count). The minimum absolute atomic E-state index is 0.0820. The molecule has 0 radical (unpaired) electrons. The van der Waals surface area contributed by atoms with Crippen LogP contribution in [0.2, 0.25) is 0 Å². The van der Waals surface area contributed by atoms with Gasteiger partial charge in [-0.1, -0.05) is 34.1 Å². The van der Waals surface area contributed by atoms with Crippen LogP contribution >= 0.6 is 15.9 Å². The molecule has 0 aliphatic carbocycles. The summed E-state index contributed by atoms with van der Waals surface area (Å²) in [4.78, 5) is 11.7. The first-order chi connectivity index (χ1) is 9.61. The van der Waals surface area contributed by atoms with Crippen molar-refractivity contribution >= 4 is 21.9 Å². The fraction of sp³-hybridized carbons (Fsp3) is 0.133. The van der Waals surface area contributed by atoms with E-state index >= 15 is 0 Å². The second-order valence-corrected chi connectivity index (χ2v) is 4.93. The first-order valence-electron chi connectivity index (χ1n) is 5.86. The number of para-hydroxylation sites is 1. The number of ether oxygens (including phenoxy) is 2. The minimum atomic E-state index is -0.460. The van der Waals surface area contributed by atoms with E-state index in [4.69, 9.17) is 9.47 Å². The summed E-state index contributed by atoms with van der Waals surface area (Å²) < 4.78 is 24.3. The highest BCUT2D eigenvalue weighted by molar-refractivity contribution is 9.10.